The van der Waals surface area contributed by atoms with Gasteiger partial charge < -0.3 is 10.1 Å². The van der Waals surface area contributed by atoms with Crippen molar-refractivity contribution in [2.24, 2.45) is 0 Å². The average Bonchev–Trinajstić information content (AvgIpc) is 2.68. The Bertz CT molecular complexity index is 1040. The molecular weight excluding hydrogens is 457 g/mol. The molecule has 6 nitrogen and oxygen atoms in total. The van der Waals surface area contributed by atoms with E-state index in [-0.39, 0.29) is 35.0 Å². The van der Waals surface area contributed by atoms with E-state index in [0.29, 0.717) is 0 Å². The molecular formula is C20H22ClF3N2O4S. The molecule has 170 valence electrons. The Morgan fingerprint density at radius 1 is 1.23 bits per heavy atom. The van der Waals surface area contributed by atoms with Crippen LogP contribution in [0.5, 0.6) is 5.75 Å². The van der Waals surface area contributed by atoms with Crippen LogP contribution in [0.3, 0.4) is 0 Å². The van der Waals surface area contributed by atoms with Gasteiger partial charge in [0.1, 0.15) is 11.8 Å². The quantitative estimate of drug-likeness (QED) is 0.616. The Morgan fingerprint density at radius 3 is 2.45 bits per heavy atom. The van der Waals surface area contributed by atoms with Crippen molar-refractivity contribution in [1.29, 1.82) is 0 Å². The summed E-state index contributed by atoms with van der Waals surface area (Å²) in [6, 6.07) is 7.71. The van der Waals surface area contributed by atoms with Gasteiger partial charge in [-0.3, -0.25) is 9.10 Å². The van der Waals surface area contributed by atoms with Crippen LogP contribution >= 0.6 is 11.6 Å². The zero-order valence-electron chi connectivity index (χ0n) is 17.0. The first-order valence-corrected chi connectivity index (χ1v) is 11.4. The van der Waals surface area contributed by atoms with Crippen molar-refractivity contribution in [2.45, 2.75) is 32.1 Å². The summed E-state index contributed by atoms with van der Waals surface area (Å²) < 4.78 is 69.9. The predicted octanol–water partition coefficient (Wildman–Crippen LogP) is 4.23. The van der Waals surface area contributed by atoms with E-state index in [1.165, 1.54) is 37.4 Å². The van der Waals surface area contributed by atoms with E-state index in [9.17, 15) is 26.4 Å². The number of sulfonamides is 1. The minimum absolute atomic E-state index is 0.0820. The van der Waals surface area contributed by atoms with E-state index < -0.39 is 33.7 Å². The van der Waals surface area contributed by atoms with Crippen LogP contribution in [0.1, 0.15) is 24.5 Å². The number of carbonyl (C=O) groups is 1. The number of anilines is 1. The molecule has 0 unspecified atom stereocenters. The Hall–Kier alpha value is -2.46. The molecule has 1 N–H and O–H groups in total. The van der Waals surface area contributed by atoms with Gasteiger partial charge >= 0.3 is 6.18 Å². The van der Waals surface area contributed by atoms with Crippen molar-refractivity contribution in [3.63, 3.8) is 0 Å². The second-order valence-corrected chi connectivity index (χ2v) is 9.01. The largest absolute Gasteiger partial charge is 0.495 e. The minimum atomic E-state index is -4.51. The molecule has 0 aliphatic heterocycles. The Balaban J connectivity index is 2.33. The van der Waals surface area contributed by atoms with Gasteiger partial charge in [-0.05, 0) is 42.3 Å². The minimum Gasteiger partial charge on any atom is -0.495 e. The molecule has 11 heteroatoms. The Morgan fingerprint density at radius 2 is 1.90 bits per heavy atom. The average molecular weight is 479 g/mol. The third-order valence-corrected chi connectivity index (χ3v) is 5.83. The zero-order valence-corrected chi connectivity index (χ0v) is 18.6. The first-order valence-electron chi connectivity index (χ1n) is 9.15. The molecule has 2 rings (SSSR count). The van der Waals surface area contributed by atoms with Crippen LogP contribution in [0.15, 0.2) is 42.5 Å². The topological polar surface area (TPSA) is 75.7 Å². The zero-order chi connectivity index (χ0) is 23.4. The molecule has 0 aliphatic rings. The first kappa shape index (κ1) is 24.8. The second kappa shape index (κ2) is 9.78. The van der Waals surface area contributed by atoms with Crippen LogP contribution < -0.4 is 14.4 Å². The van der Waals surface area contributed by atoms with E-state index >= 15 is 0 Å². The lowest BCUT2D eigenvalue weighted by atomic mass is 10.1. The highest BCUT2D eigenvalue weighted by atomic mass is 35.5. The van der Waals surface area contributed by atoms with Crippen LogP contribution in [0, 0.1) is 0 Å². The highest BCUT2D eigenvalue weighted by molar-refractivity contribution is 7.92. The van der Waals surface area contributed by atoms with Gasteiger partial charge in [0.05, 0.1) is 24.6 Å². The van der Waals surface area contributed by atoms with E-state index in [1.807, 2.05) is 0 Å². The lowest BCUT2D eigenvalue weighted by molar-refractivity contribution is -0.137. The summed E-state index contributed by atoms with van der Waals surface area (Å²) in [5, 5.41) is 2.76. The molecule has 0 radical (unpaired) electrons. The fourth-order valence-electron chi connectivity index (χ4n) is 3.04. The van der Waals surface area contributed by atoms with Gasteiger partial charge in [0, 0.05) is 11.6 Å². The molecule has 0 saturated carbocycles. The number of amides is 1. The Labute approximate surface area is 184 Å². The number of nitrogens with zero attached hydrogens (tertiary/aromatic N) is 1. The number of halogens is 4. The maximum Gasteiger partial charge on any atom is 0.416 e. The molecule has 2 aromatic carbocycles. The summed E-state index contributed by atoms with van der Waals surface area (Å²) in [7, 11) is -2.60. The third kappa shape index (κ3) is 6.27. The number of rotatable bonds is 8. The van der Waals surface area contributed by atoms with Gasteiger partial charge in [0.25, 0.3) is 0 Å². The summed E-state index contributed by atoms with van der Waals surface area (Å²) in [5.74, 6) is -0.480. The summed E-state index contributed by atoms with van der Waals surface area (Å²) in [6.07, 6.45) is -3.48. The van der Waals surface area contributed by atoms with Crippen LogP contribution in [0.4, 0.5) is 18.9 Å². The predicted molar refractivity (Wildman–Crippen MR) is 113 cm³/mol. The van der Waals surface area contributed by atoms with Crippen molar-refractivity contribution in [3.05, 3.63) is 58.6 Å². The highest BCUT2D eigenvalue weighted by Gasteiger charge is 2.34. The van der Waals surface area contributed by atoms with E-state index in [2.05, 4.69) is 5.32 Å². The normalized spacial score (nSPS) is 12.9. The van der Waals surface area contributed by atoms with Crippen LogP contribution in [0.25, 0.3) is 0 Å². The van der Waals surface area contributed by atoms with E-state index in [1.54, 1.807) is 6.92 Å². The number of nitrogens with one attached hydrogen (secondary N) is 1. The van der Waals surface area contributed by atoms with Gasteiger partial charge in [0.2, 0.25) is 15.9 Å². The number of methoxy groups -OCH3 is 1. The number of alkyl halides is 3. The molecule has 1 atom stereocenters. The van der Waals surface area contributed by atoms with Gasteiger partial charge in [-0.25, -0.2) is 8.42 Å². The molecule has 0 spiro atoms. The molecule has 1 amide bonds. The summed E-state index contributed by atoms with van der Waals surface area (Å²) in [5.41, 5.74) is -0.532. The lowest BCUT2D eigenvalue weighted by Crippen LogP contribution is -2.49. The lowest BCUT2D eigenvalue weighted by Gasteiger charge is -2.31. The summed E-state index contributed by atoms with van der Waals surface area (Å²) in [4.78, 5) is 12.9. The fraction of sp³-hybridized carbons (Fsp3) is 0.350. The number of hydrogen-bond donors (Lipinski definition) is 1. The second-order valence-electron chi connectivity index (χ2n) is 6.71. The smallest absolute Gasteiger partial charge is 0.416 e. The number of hydrogen-bond acceptors (Lipinski definition) is 4. The molecule has 0 aromatic heterocycles. The number of ether oxygens (including phenoxy) is 1. The van der Waals surface area contributed by atoms with E-state index in [0.717, 1.165) is 22.7 Å². The van der Waals surface area contributed by atoms with Crippen LogP contribution in [-0.4, -0.2) is 33.7 Å². The van der Waals surface area contributed by atoms with Gasteiger partial charge in [0.15, 0.2) is 0 Å². The molecule has 0 heterocycles. The van der Waals surface area contributed by atoms with Gasteiger partial charge in [-0.1, -0.05) is 30.7 Å². The molecule has 31 heavy (non-hydrogen) atoms. The molecule has 2 aromatic rings. The Kier molecular flexibility index (Phi) is 7.82. The SMILES string of the molecule is CC[C@H](C(=O)NCc1cccc(C(F)(F)F)c1)N(c1cc(Cl)ccc1OC)S(C)(=O)=O. The summed E-state index contributed by atoms with van der Waals surface area (Å²) >= 11 is 6.02. The van der Waals surface area contributed by atoms with Crippen LogP contribution in [-0.2, 0) is 27.5 Å². The number of benzene rings is 2. The van der Waals surface area contributed by atoms with Gasteiger partial charge in [-0.15, -0.1) is 0 Å². The standard InChI is InChI=1S/C20H22ClF3N2O4S/c1-4-16(19(27)25-12-13-6-5-7-14(10-13)20(22,23)24)26(31(3,28)29)17-11-15(21)8-9-18(17)30-2/h5-11,16H,4,12H2,1-3H3,(H,25,27)/t16-/m1/s1. The van der Waals surface area contributed by atoms with Gasteiger partial charge in [-0.2, -0.15) is 13.2 Å². The third-order valence-electron chi connectivity index (χ3n) is 4.43. The van der Waals surface area contributed by atoms with E-state index in [4.69, 9.17) is 16.3 Å². The van der Waals surface area contributed by atoms with Crippen molar-refractivity contribution in [3.8, 4) is 5.75 Å². The molecule has 0 aliphatic carbocycles. The molecule has 0 bridgehead atoms. The maximum atomic E-state index is 12.9. The van der Waals surface area contributed by atoms with Crippen molar-refractivity contribution < 1.29 is 31.1 Å². The fourth-order valence-corrected chi connectivity index (χ4v) is 4.41. The van der Waals surface area contributed by atoms with Crippen molar-refractivity contribution in [2.75, 3.05) is 17.7 Å². The number of carbonyl (C=O) groups excluding carboxylic acids is 1. The summed E-state index contributed by atoms with van der Waals surface area (Å²) in [6.45, 7) is 1.41. The molecule has 0 fully saturated rings. The maximum absolute atomic E-state index is 12.9. The first-order chi connectivity index (χ1) is 14.4. The highest BCUT2D eigenvalue weighted by Crippen LogP contribution is 2.35. The molecule has 0 saturated heterocycles. The van der Waals surface area contributed by atoms with Crippen molar-refractivity contribution in [1.82, 2.24) is 5.32 Å². The van der Waals surface area contributed by atoms with Crippen LogP contribution in [0.2, 0.25) is 5.02 Å². The monoisotopic (exact) mass is 478 g/mol. The van der Waals surface area contributed by atoms with Crippen molar-refractivity contribution >= 4 is 33.2 Å².